The third-order valence-electron chi connectivity index (χ3n) is 6.91. The fraction of sp³-hybridized carbons (Fsp3) is 0.125. The Hall–Kier alpha value is -4.44. The molecule has 0 saturated heterocycles. The number of ether oxygens (including phenoxy) is 1. The van der Waals surface area contributed by atoms with Gasteiger partial charge < -0.3 is 10.1 Å². The lowest BCUT2D eigenvalue weighted by molar-refractivity contribution is 0.139. The average molecular weight is 471 g/mol. The van der Waals surface area contributed by atoms with E-state index < -0.39 is 6.09 Å². The van der Waals surface area contributed by atoms with Gasteiger partial charge in [0.05, 0.1) is 11.6 Å². The van der Waals surface area contributed by atoms with Gasteiger partial charge in [0, 0.05) is 23.4 Å². The number of amides is 1. The van der Waals surface area contributed by atoms with Gasteiger partial charge in [0.2, 0.25) is 0 Å². The van der Waals surface area contributed by atoms with Gasteiger partial charge in [0.25, 0.3) is 0 Å². The topological polar surface area (TPSA) is 51.2 Å². The summed E-state index contributed by atoms with van der Waals surface area (Å²) in [5, 5.41) is 4.20. The summed E-state index contributed by atoms with van der Waals surface area (Å²) in [5.41, 5.74) is 7.71. The van der Waals surface area contributed by atoms with E-state index in [0.29, 0.717) is 6.42 Å². The van der Waals surface area contributed by atoms with Crippen LogP contribution in [0.5, 0.6) is 0 Å². The highest BCUT2D eigenvalue weighted by atomic mass is 16.5. The van der Waals surface area contributed by atoms with Crippen molar-refractivity contribution >= 4 is 17.0 Å². The molecule has 1 aliphatic carbocycles. The number of carbonyl (C=O) groups excluding carboxylic acids is 1. The van der Waals surface area contributed by atoms with E-state index in [1.807, 2.05) is 66.7 Å². The van der Waals surface area contributed by atoms with E-state index in [-0.39, 0.29) is 18.6 Å². The third kappa shape index (κ3) is 4.34. The molecular formula is C32H26N2O2. The van der Waals surface area contributed by atoms with E-state index in [2.05, 4.69) is 53.8 Å². The first-order valence-electron chi connectivity index (χ1n) is 12.3. The molecule has 1 aliphatic rings. The van der Waals surface area contributed by atoms with Crippen LogP contribution in [0.3, 0.4) is 0 Å². The first-order chi connectivity index (χ1) is 17.8. The van der Waals surface area contributed by atoms with Crippen LogP contribution in [-0.4, -0.2) is 17.7 Å². The Morgan fingerprint density at radius 3 is 2.14 bits per heavy atom. The van der Waals surface area contributed by atoms with Crippen LogP contribution in [0.2, 0.25) is 0 Å². The van der Waals surface area contributed by atoms with Gasteiger partial charge >= 0.3 is 6.09 Å². The van der Waals surface area contributed by atoms with Gasteiger partial charge in [0.1, 0.15) is 6.61 Å². The molecule has 1 heterocycles. The van der Waals surface area contributed by atoms with Gasteiger partial charge in [-0.05, 0) is 39.9 Å². The summed E-state index contributed by atoms with van der Waals surface area (Å²) in [6, 6.07) is 38.6. The smallest absolute Gasteiger partial charge is 0.407 e. The van der Waals surface area contributed by atoms with E-state index in [0.717, 1.165) is 22.2 Å². The number of pyridine rings is 1. The van der Waals surface area contributed by atoms with Crippen molar-refractivity contribution in [1.82, 2.24) is 10.3 Å². The standard InChI is InChI=1S/C32H26N2O2/c35-32(36-21-29-27-15-7-5-13-25(27)26-14-6-8-16-28(26)29)34-31(22-10-2-1-3-11-22)20-24-19-18-23-12-4-9-17-30(23)33-24/h1-19,29,31H,20-21H2,(H,34,35)/t31-/m1/s1. The van der Waals surface area contributed by atoms with Gasteiger partial charge in [-0.2, -0.15) is 0 Å². The van der Waals surface area contributed by atoms with Crippen molar-refractivity contribution in [2.45, 2.75) is 18.4 Å². The Morgan fingerprint density at radius 1 is 0.750 bits per heavy atom. The molecule has 176 valence electrons. The summed E-state index contributed by atoms with van der Waals surface area (Å²) in [4.78, 5) is 17.9. The zero-order chi connectivity index (χ0) is 24.3. The SMILES string of the molecule is O=C(N[C@H](Cc1ccc2ccccc2n1)c1ccccc1)OCC1c2ccccc2-c2ccccc21. The number of alkyl carbamates (subject to hydrolysis) is 1. The molecule has 4 heteroatoms. The van der Waals surface area contributed by atoms with Crippen LogP contribution in [-0.2, 0) is 11.2 Å². The Kier molecular flexibility index (Phi) is 5.92. The molecule has 1 atom stereocenters. The Bertz CT molecular complexity index is 1480. The van der Waals surface area contributed by atoms with Crippen LogP contribution in [0.15, 0.2) is 115 Å². The minimum Gasteiger partial charge on any atom is -0.449 e. The van der Waals surface area contributed by atoms with E-state index in [9.17, 15) is 4.79 Å². The highest BCUT2D eigenvalue weighted by Crippen LogP contribution is 2.44. The molecule has 0 bridgehead atoms. The highest BCUT2D eigenvalue weighted by molar-refractivity contribution is 5.79. The number of rotatable bonds is 6. The average Bonchev–Trinajstić information content (AvgIpc) is 3.25. The summed E-state index contributed by atoms with van der Waals surface area (Å²) < 4.78 is 5.83. The second kappa shape index (κ2) is 9.67. The van der Waals surface area contributed by atoms with Gasteiger partial charge in [-0.15, -0.1) is 0 Å². The third-order valence-corrected chi connectivity index (χ3v) is 6.91. The van der Waals surface area contributed by atoms with Crippen LogP contribution in [0.4, 0.5) is 4.79 Å². The number of carbonyl (C=O) groups is 1. The molecule has 1 amide bonds. The van der Waals surface area contributed by atoms with E-state index in [1.165, 1.54) is 22.3 Å². The number of hydrogen-bond acceptors (Lipinski definition) is 3. The van der Waals surface area contributed by atoms with Gasteiger partial charge in [-0.1, -0.05) is 103 Å². The van der Waals surface area contributed by atoms with Crippen LogP contribution in [0, 0.1) is 0 Å². The number of hydrogen-bond donors (Lipinski definition) is 1. The first-order valence-corrected chi connectivity index (χ1v) is 12.3. The van der Waals surface area contributed by atoms with Crippen LogP contribution < -0.4 is 5.32 Å². The second-order valence-corrected chi connectivity index (χ2v) is 9.13. The number of fused-ring (bicyclic) bond motifs is 4. The zero-order valence-corrected chi connectivity index (χ0v) is 19.8. The van der Waals surface area contributed by atoms with Crippen LogP contribution in [0.25, 0.3) is 22.0 Å². The summed E-state index contributed by atoms with van der Waals surface area (Å²) >= 11 is 0. The Balaban J connectivity index is 1.20. The van der Waals surface area contributed by atoms with Crippen molar-refractivity contribution in [3.63, 3.8) is 0 Å². The number of nitrogens with one attached hydrogen (secondary N) is 1. The van der Waals surface area contributed by atoms with Crippen molar-refractivity contribution in [2.24, 2.45) is 0 Å². The largest absolute Gasteiger partial charge is 0.449 e. The predicted octanol–water partition coefficient (Wildman–Crippen LogP) is 7.06. The van der Waals surface area contributed by atoms with Crippen molar-refractivity contribution in [3.8, 4) is 11.1 Å². The summed E-state index contributed by atoms with van der Waals surface area (Å²) in [6.07, 6.45) is 0.144. The van der Waals surface area contributed by atoms with Crippen molar-refractivity contribution < 1.29 is 9.53 Å². The van der Waals surface area contributed by atoms with Crippen LogP contribution in [0.1, 0.15) is 34.3 Å². The highest BCUT2D eigenvalue weighted by Gasteiger charge is 2.29. The molecule has 5 aromatic rings. The molecule has 0 spiro atoms. The summed E-state index contributed by atoms with van der Waals surface area (Å²) in [6.45, 7) is 0.287. The molecule has 1 aromatic heterocycles. The fourth-order valence-corrected chi connectivity index (χ4v) is 5.15. The minimum atomic E-state index is -0.425. The maximum atomic E-state index is 13.1. The number of nitrogens with zero attached hydrogens (tertiary/aromatic N) is 1. The molecular weight excluding hydrogens is 444 g/mol. The lowest BCUT2D eigenvalue weighted by Gasteiger charge is -2.20. The Labute approximate surface area is 210 Å². The van der Waals surface area contributed by atoms with Gasteiger partial charge in [0.15, 0.2) is 0 Å². The lowest BCUT2D eigenvalue weighted by Crippen LogP contribution is -2.31. The molecule has 0 saturated carbocycles. The number of benzene rings is 4. The molecule has 1 N–H and O–H groups in total. The second-order valence-electron chi connectivity index (χ2n) is 9.13. The van der Waals surface area contributed by atoms with E-state index in [4.69, 9.17) is 9.72 Å². The molecule has 0 radical (unpaired) electrons. The first kappa shape index (κ1) is 22.1. The predicted molar refractivity (Wildman–Crippen MR) is 143 cm³/mol. The van der Waals surface area contributed by atoms with Gasteiger partial charge in [-0.25, -0.2) is 4.79 Å². The van der Waals surface area contributed by atoms with E-state index in [1.54, 1.807) is 0 Å². The van der Waals surface area contributed by atoms with Crippen molar-refractivity contribution in [1.29, 1.82) is 0 Å². The molecule has 36 heavy (non-hydrogen) atoms. The van der Waals surface area contributed by atoms with Crippen LogP contribution >= 0.6 is 0 Å². The molecule has 0 unspecified atom stereocenters. The fourth-order valence-electron chi connectivity index (χ4n) is 5.15. The quantitative estimate of drug-likeness (QED) is 0.289. The van der Waals surface area contributed by atoms with Crippen molar-refractivity contribution in [3.05, 3.63) is 138 Å². The zero-order valence-electron chi connectivity index (χ0n) is 19.8. The Morgan fingerprint density at radius 2 is 1.39 bits per heavy atom. The summed E-state index contributed by atoms with van der Waals surface area (Å²) in [7, 11) is 0. The van der Waals surface area contributed by atoms with Gasteiger partial charge in [-0.3, -0.25) is 4.98 Å². The molecule has 6 rings (SSSR count). The molecule has 4 nitrogen and oxygen atoms in total. The minimum absolute atomic E-state index is 0.0282. The van der Waals surface area contributed by atoms with E-state index >= 15 is 0 Å². The molecule has 0 fully saturated rings. The maximum absolute atomic E-state index is 13.1. The molecule has 0 aliphatic heterocycles. The van der Waals surface area contributed by atoms with Crippen molar-refractivity contribution in [2.75, 3.05) is 6.61 Å². The number of para-hydroxylation sites is 1. The maximum Gasteiger partial charge on any atom is 0.407 e. The monoisotopic (exact) mass is 470 g/mol. The molecule has 4 aromatic carbocycles. The number of aromatic nitrogens is 1. The lowest BCUT2D eigenvalue weighted by atomic mass is 9.98. The summed E-state index contributed by atoms with van der Waals surface area (Å²) in [5.74, 6) is 0.0282. The normalized spacial score (nSPS) is 13.1.